The summed E-state index contributed by atoms with van der Waals surface area (Å²) in [4.78, 5) is 0. The third-order valence-corrected chi connectivity index (χ3v) is 4.98. The molecular weight excluding hydrogens is 364 g/mol. The van der Waals surface area contributed by atoms with Crippen molar-refractivity contribution in [2.45, 2.75) is 24.9 Å². The lowest BCUT2D eigenvalue weighted by Gasteiger charge is -2.31. The minimum atomic E-state index is -0.460. The van der Waals surface area contributed by atoms with E-state index in [4.69, 9.17) is 21.1 Å². The Kier molecular flexibility index (Phi) is 5.72. The molecule has 1 N–H and O–H groups in total. The van der Waals surface area contributed by atoms with E-state index in [9.17, 15) is 4.39 Å². The highest BCUT2D eigenvalue weighted by atomic mass is 35.5. The highest BCUT2D eigenvalue weighted by Gasteiger charge is 2.29. The normalized spacial score (nSPS) is 20.0. The van der Waals surface area contributed by atoms with Crippen molar-refractivity contribution in [3.8, 4) is 11.5 Å². The average molecular weight is 384 g/mol. The third-order valence-electron chi connectivity index (χ3n) is 4.75. The molecule has 4 rings (SSSR count). The summed E-state index contributed by atoms with van der Waals surface area (Å²) in [6, 6.07) is 10.6. The highest BCUT2D eigenvalue weighted by Crippen LogP contribution is 2.43. The van der Waals surface area contributed by atoms with Gasteiger partial charge in [0.2, 0.25) is 0 Å². The SMILES string of the molecule is Cl.Fc1cc(Cl)ccc1[C@@H]1COc2c(cccc2C2CCNCC2)O1. The van der Waals surface area contributed by atoms with E-state index in [-0.39, 0.29) is 18.2 Å². The Balaban J connectivity index is 0.00000182. The van der Waals surface area contributed by atoms with Gasteiger partial charge in [0.05, 0.1) is 0 Å². The third kappa shape index (κ3) is 3.71. The van der Waals surface area contributed by atoms with Crippen LogP contribution in [-0.2, 0) is 0 Å². The number of nitrogens with one attached hydrogen (secondary N) is 1. The summed E-state index contributed by atoms with van der Waals surface area (Å²) in [7, 11) is 0. The van der Waals surface area contributed by atoms with Crippen LogP contribution in [0.1, 0.15) is 36.0 Å². The van der Waals surface area contributed by atoms with E-state index in [0.717, 1.165) is 31.7 Å². The molecule has 6 heteroatoms. The van der Waals surface area contributed by atoms with Crippen LogP contribution in [0, 0.1) is 5.82 Å². The second kappa shape index (κ2) is 7.81. The maximum atomic E-state index is 14.2. The number of halogens is 3. The summed E-state index contributed by atoms with van der Waals surface area (Å²) in [5.74, 6) is 1.62. The fraction of sp³-hybridized carbons (Fsp3) is 0.368. The standard InChI is InChI=1S/C19H19ClFNO2.ClH/c20-13-4-5-15(16(21)10-13)18-11-23-19-14(2-1-3-17(19)24-18)12-6-8-22-9-7-12;/h1-5,10,12,18,22H,6-9,11H2;1H/t18-;/m0./s1. The van der Waals surface area contributed by atoms with E-state index in [1.54, 1.807) is 12.1 Å². The quantitative estimate of drug-likeness (QED) is 0.801. The van der Waals surface area contributed by atoms with Crippen molar-refractivity contribution >= 4 is 24.0 Å². The molecule has 0 bridgehead atoms. The molecule has 2 aromatic rings. The predicted molar refractivity (Wildman–Crippen MR) is 98.8 cm³/mol. The second-order valence-electron chi connectivity index (χ2n) is 6.28. The molecule has 25 heavy (non-hydrogen) atoms. The zero-order valence-electron chi connectivity index (χ0n) is 13.6. The Hall–Kier alpha value is -1.49. The Labute approximate surface area is 157 Å². The lowest BCUT2D eigenvalue weighted by atomic mass is 9.89. The molecule has 2 aliphatic heterocycles. The van der Waals surface area contributed by atoms with Crippen LogP contribution < -0.4 is 14.8 Å². The van der Waals surface area contributed by atoms with Gasteiger partial charge in [-0.05, 0) is 50.0 Å². The summed E-state index contributed by atoms with van der Waals surface area (Å²) in [5, 5.41) is 3.76. The number of hydrogen-bond acceptors (Lipinski definition) is 3. The van der Waals surface area contributed by atoms with Gasteiger partial charge in [-0.1, -0.05) is 29.8 Å². The van der Waals surface area contributed by atoms with E-state index in [2.05, 4.69) is 11.4 Å². The topological polar surface area (TPSA) is 30.5 Å². The molecule has 0 aliphatic carbocycles. The molecule has 0 amide bonds. The van der Waals surface area contributed by atoms with Gasteiger partial charge in [0.1, 0.15) is 12.4 Å². The zero-order chi connectivity index (χ0) is 16.5. The number of ether oxygens (including phenoxy) is 2. The van der Waals surface area contributed by atoms with E-state index < -0.39 is 6.10 Å². The first kappa shape index (κ1) is 18.3. The zero-order valence-corrected chi connectivity index (χ0v) is 15.2. The van der Waals surface area contributed by atoms with Gasteiger partial charge in [0.15, 0.2) is 17.6 Å². The van der Waals surface area contributed by atoms with E-state index in [0.29, 0.717) is 28.9 Å². The maximum absolute atomic E-state index is 14.2. The van der Waals surface area contributed by atoms with Crippen molar-refractivity contribution in [3.63, 3.8) is 0 Å². The Morgan fingerprint density at radius 2 is 1.88 bits per heavy atom. The van der Waals surface area contributed by atoms with Gasteiger partial charge in [0, 0.05) is 16.1 Å². The van der Waals surface area contributed by atoms with Gasteiger partial charge in [-0.15, -0.1) is 12.4 Å². The Bertz CT molecular complexity index is 750. The number of fused-ring (bicyclic) bond motifs is 1. The minimum absolute atomic E-state index is 0. The molecule has 1 saturated heterocycles. The molecule has 2 heterocycles. The van der Waals surface area contributed by atoms with Crippen molar-refractivity contribution in [3.05, 3.63) is 58.4 Å². The van der Waals surface area contributed by atoms with Gasteiger partial charge >= 0.3 is 0 Å². The van der Waals surface area contributed by atoms with Crippen LogP contribution in [0.5, 0.6) is 11.5 Å². The van der Waals surface area contributed by atoms with E-state index in [1.165, 1.54) is 11.6 Å². The smallest absolute Gasteiger partial charge is 0.164 e. The van der Waals surface area contributed by atoms with Crippen molar-refractivity contribution in [2.24, 2.45) is 0 Å². The fourth-order valence-corrected chi connectivity index (χ4v) is 3.66. The van der Waals surface area contributed by atoms with Crippen LogP contribution in [0.15, 0.2) is 36.4 Å². The molecule has 2 aliphatic rings. The molecular formula is C19H20Cl2FNO2. The number of benzene rings is 2. The molecule has 0 unspecified atom stereocenters. The van der Waals surface area contributed by atoms with Gasteiger partial charge < -0.3 is 14.8 Å². The predicted octanol–water partition coefficient (Wildman–Crippen LogP) is 4.88. The lowest BCUT2D eigenvalue weighted by molar-refractivity contribution is 0.0869. The largest absolute Gasteiger partial charge is 0.485 e. The van der Waals surface area contributed by atoms with Gasteiger partial charge in [0.25, 0.3) is 0 Å². The lowest BCUT2D eigenvalue weighted by Crippen LogP contribution is -2.28. The maximum Gasteiger partial charge on any atom is 0.164 e. The highest BCUT2D eigenvalue weighted by molar-refractivity contribution is 6.30. The van der Waals surface area contributed by atoms with E-state index >= 15 is 0 Å². The van der Waals surface area contributed by atoms with Gasteiger partial charge in [-0.3, -0.25) is 0 Å². The average Bonchev–Trinajstić information content (AvgIpc) is 2.61. The number of hydrogen-bond donors (Lipinski definition) is 1. The summed E-state index contributed by atoms with van der Waals surface area (Å²) in [5.41, 5.74) is 1.67. The fourth-order valence-electron chi connectivity index (χ4n) is 3.50. The first-order chi connectivity index (χ1) is 11.7. The van der Waals surface area contributed by atoms with Crippen molar-refractivity contribution in [2.75, 3.05) is 19.7 Å². The van der Waals surface area contributed by atoms with Crippen LogP contribution in [0.2, 0.25) is 5.02 Å². The Morgan fingerprint density at radius 1 is 1.08 bits per heavy atom. The van der Waals surface area contributed by atoms with Gasteiger partial charge in [-0.25, -0.2) is 4.39 Å². The number of piperidine rings is 1. The van der Waals surface area contributed by atoms with Crippen LogP contribution in [0.4, 0.5) is 4.39 Å². The van der Waals surface area contributed by atoms with Crippen molar-refractivity contribution in [1.82, 2.24) is 5.32 Å². The monoisotopic (exact) mass is 383 g/mol. The minimum Gasteiger partial charge on any atom is -0.485 e. The van der Waals surface area contributed by atoms with Crippen LogP contribution in [0.3, 0.4) is 0 Å². The Morgan fingerprint density at radius 3 is 2.64 bits per heavy atom. The molecule has 134 valence electrons. The molecule has 2 aromatic carbocycles. The van der Waals surface area contributed by atoms with Crippen LogP contribution in [0.25, 0.3) is 0 Å². The molecule has 0 aromatic heterocycles. The van der Waals surface area contributed by atoms with Crippen molar-refractivity contribution < 1.29 is 13.9 Å². The first-order valence-electron chi connectivity index (χ1n) is 8.30. The van der Waals surface area contributed by atoms with Crippen molar-refractivity contribution in [1.29, 1.82) is 0 Å². The summed E-state index contributed by atoms with van der Waals surface area (Å²) < 4.78 is 26.2. The summed E-state index contributed by atoms with van der Waals surface area (Å²) in [6.07, 6.45) is 1.72. The summed E-state index contributed by atoms with van der Waals surface area (Å²) in [6.45, 7) is 2.34. The first-order valence-corrected chi connectivity index (χ1v) is 8.68. The number of para-hydroxylation sites is 1. The van der Waals surface area contributed by atoms with E-state index in [1.807, 2.05) is 12.1 Å². The molecule has 0 radical (unpaired) electrons. The molecule has 0 spiro atoms. The molecule has 1 atom stereocenters. The molecule has 0 saturated carbocycles. The molecule has 1 fully saturated rings. The van der Waals surface area contributed by atoms with Gasteiger partial charge in [-0.2, -0.15) is 0 Å². The van der Waals surface area contributed by atoms with Crippen LogP contribution in [-0.4, -0.2) is 19.7 Å². The second-order valence-corrected chi connectivity index (χ2v) is 6.72. The molecule has 3 nitrogen and oxygen atoms in total. The summed E-state index contributed by atoms with van der Waals surface area (Å²) >= 11 is 5.83. The van der Waals surface area contributed by atoms with Crippen LogP contribution >= 0.6 is 24.0 Å². The number of rotatable bonds is 2.